The first kappa shape index (κ1) is 22.1. The number of aliphatic hydroxyl groups is 5. The molecule has 24 heavy (non-hydrogen) atoms. The fourth-order valence-corrected chi connectivity index (χ4v) is 1.58. The Morgan fingerprint density at radius 2 is 1.62 bits per heavy atom. The molecule has 0 saturated carbocycles. The summed E-state index contributed by atoms with van der Waals surface area (Å²) >= 11 is 0. The highest BCUT2D eigenvalue weighted by molar-refractivity contribution is 5.79. The summed E-state index contributed by atoms with van der Waals surface area (Å²) in [6, 6.07) is 4.71. The molecule has 0 unspecified atom stereocenters. The zero-order valence-electron chi connectivity index (χ0n) is 12.9. The minimum Gasteiger partial charge on any atom is -0.504 e. The number of amides is 1. The van der Waals surface area contributed by atoms with Crippen LogP contribution in [-0.4, -0.2) is 79.2 Å². The van der Waals surface area contributed by atoms with Gasteiger partial charge in [-0.25, -0.2) is 0 Å². The molecule has 0 aliphatic heterocycles. The van der Waals surface area contributed by atoms with Crippen molar-refractivity contribution >= 4 is 5.91 Å². The molecule has 1 aromatic rings. The first-order chi connectivity index (χ1) is 11.1. The first-order valence-corrected chi connectivity index (χ1v) is 6.99. The Labute approximate surface area is 138 Å². The Kier molecular flexibility index (Phi) is 9.88. The molecule has 0 heterocycles. The van der Waals surface area contributed by atoms with E-state index in [2.05, 4.69) is 5.73 Å². The lowest BCUT2D eigenvalue weighted by Gasteiger charge is -2.23. The molecule has 1 rings (SSSR count). The Bertz CT molecular complexity index is 514. The standard InChI is InChI=1S/C8H11NO2.C6H13NO6/c9-4-3-6-1-2-7(10)8(11)5-6;7-6(13)5(12)4(11)3(10)2(9)1-8/h1-2,5,10-11H,3-4,9H2;2-5,8-12H,1H2,(H2,7,13)/t;2-,3-,4+,5-/m.1/s1. The highest BCUT2D eigenvalue weighted by Gasteiger charge is 2.32. The van der Waals surface area contributed by atoms with Crippen LogP contribution in [0, 0.1) is 0 Å². The second kappa shape index (κ2) is 10.8. The third-order valence-corrected chi connectivity index (χ3v) is 3.02. The van der Waals surface area contributed by atoms with Gasteiger partial charge in [0.25, 0.3) is 0 Å². The van der Waals surface area contributed by atoms with E-state index in [0.29, 0.717) is 13.0 Å². The number of carbonyl (C=O) groups is 1. The fraction of sp³-hybridized carbons (Fsp3) is 0.500. The third-order valence-electron chi connectivity index (χ3n) is 3.02. The van der Waals surface area contributed by atoms with E-state index < -0.39 is 36.9 Å². The van der Waals surface area contributed by atoms with Crippen molar-refractivity contribution in [1.29, 1.82) is 0 Å². The van der Waals surface area contributed by atoms with Crippen LogP contribution in [0.2, 0.25) is 0 Å². The Morgan fingerprint density at radius 3 is 2.04 bits per heavy atom. The van der Waals surface area contributed by atoms with Crippen molar-refractivity contribution in [2.24, 2.45) is 11.5 Å². The predicted molar refractivity (Wildman–Crippen MR) is 82.8 cm³/mol. The maximum atomic E-state index is 10.3. The topological polar surface area (TPSA) is 211 Å². The van der Waals surface area contributed by atoms with Gasteiger partial charge in [-0.1, -0.05) is 6.07 Å². The molecule has 138 valence electrons. The van der Waals surface area contributed by atoms with Crippen molar-refractivity contribution in [3.05, 3.63) is 23.8 Å². The number of carbonyl (C=O) groups excluding carboxylic acids is 1. The average molecular weight is 348 g/mol. The summed E-state index contributed by atoms with van der Waals surface area (Å²) < 4.78 is 0. The number of phenolic OH excluding ortho intramolecular Hbond substituents is 2. The van der Waals surface area contributed by atoms with Crippen LogP contribution in [-0.2, 0) is 11.2 Å². The van der Waals surface area contributed by atoms with Crippen molar-refractivity contribution < 1.29 is 40.5 Å². The van der Waals surface area contributed by atoms with Gasteiger partial charge in [0.1, 0.15) is 18.3 Å². The van der Waals surface area contributed by atoms with Crippen molar-refractivity contribution in [3.63, 3.8) is 0 Å². The van der Waals surface area contributed by atoms with E-state index in [0.717, 1.165) is 5.56 Å². The summed E-state index contributed by atoms with van der Waals surface area (Å²) in [4.78, 5) is 10.3. The number of hydrogen-bond donors (Lipinski definition) is 9. The van der Waals surface area contributed by atoms with Crippen molar-refractivity contribution in [1.82, 2.24) is 0 Å². The summed E-state index contributed by atoms with van der Waals surface area (Å²) in [5.41, 5.74) is 10.8. The number of primary amides is 1. The van der Waals surface area contributed by atoms with Gasteiger partial charge in [0.15, 0.2) is 17.6 Å². The first-order valence-electron chi connectivity index (χ1n) is 6.99. The van der Waals surface area contributed by atoms with Crippen LogP contribution in [0.4, 0.5) is 0 Å². The molecule has 4 atom stereocenters. The lowest BCUT2D eigenvalue weighted by molar-refractivity contribution is -0.146. The lowest BCUT2D eigenvalue weighted by atomic mass is 10.0. The smallest absolute Gasteiger partial charge is 0.249 e. The zero-order chi connectivity index (χ0) is 18.9. The van der Waals surface area contributed by atoms with Gasteiger partial charge in [-0.3, -0.25) is 4.79 Å². The average Bonchev–Trinajstić information content (AvgIpc) is 2.56. The van der Waals surface area contributed by atoms with E-state index in [1.807, 2.05) is 0 Å². The number of benzene rings is 1. The van der Waals surface area contributed by atoms with E-state index in [1.165, 1.54) is 12.1 Å². The molecule has 11 N–H and O–H groups in total. The molecule has 0 aliphatic rings. The van der Waals surface area contributed by atoms with Gasteiger partial charge in [0.2, 0.25) is 5.91 Å². The van der Waals surface area contributed by atoms with Crippen molar-refractivity contribution in [2.75, 3.05) is 13.2 Å². The molecule has 0 radical (unpaired) electrons. The lowest BCUT2D eigenvalue weighted by Crippen LogP contribution is -2.50. The summed E-state index contributed by atoms with van der Waals surface area (Å²) in [6.45, 7) is -0.256. The minimum absolute atomic E-state index is 0.0871. The monoisotopic (exact) mass is 348 g/mol. The number of hydrogen-bond acceptors (Lipinski definition) is 9. The number of phenols is 2. The Hall–Kier alpha value is -1.95. The molecular weight excluding hydrogens is 324 g/mol. The number of aromatic hydroxyl groups is 2. The van der Waals surface area contributed by atoms with Gasteiger partial charge in [-0.2, -0.15) is 0 Å². The van der Waals surface area contributed by atoms with Gasteiger partial charge in [0, 0.05) is 0 Å². The quantitative estimate of drug-likeness (QED) is 0.223. The molecule has 0 aromatic heterocycles. The molecule has 0 saturated heterocycles. The molecule has 10 heteroatoms. The highest BCUT2D eigenvalue weighted by atomic mass is 16.4. The largest absolute Gasteiger partial charge is 0.504 e. The van der Waals surface area contributed by atoms with Gasteiger partial charge >= 0.3 is 0 Å². The molecular formula is C14H24N2O8. The fourth-order valence-electron chi connectivity index (χ4n) is 1.58. The summed E-state index contributed by atoms with van der Waals surface area (Å²) in [5.74, 6) is -1.40. The minimum atomic E-state index is -1.98. The molecule has 1 amide bonds. The molecule has 10 nitrogen and oxygen atoms in total. The van der Waals surface area contributed by atoms with Gasteiger partial charge in [-0.15, -0.1) is 0 Å². The second-order valence-electron chi connectivity index (χ2n) is 4.94. The summed E-state index contributed by atoms with van der Waals surface area (Å²) in [7, 11) is 0. The van der Waals surface area contributed by atoms with Crippen LogP contribution < -0.4 is 11.5 Å². The Morgan fingerprint density at radius 1 is 1.04 bits per heavy atom. The number of rotatable bonds is 7. The highest BCUT2D eigenvalue weighted by Crippen LogP contribution is 2.24. The van der Waals surface area contributed by atoms with Crippen LogP contribution in [0.3, 0.4) is 0 Å². The van der Waals surface area contributed by atoms with E-state index in [1.54, 1.807) is 6.07 Å². The molecule has 0 aliphatic carbocycles. The third kappa shape index (κ3) is 7.08. The van der Waals surface area contributed by atoms with Gasteiger partial charge < -0.3 is 47.2 Å². The second-order valence-corrected chi connectivity index (χ2v) is 4.94. The molecule has 0 bridgehead atoms. The SMILES string of the molecule is NC(=O)[C@H](O)[C@@H](O)[C@H](O)[C@H](O)CO.NCCc1ccc(O)c(O)c1. The Balaban J connectivity index is 0.000000446. The molecule has 0 fully saturated rings. The van der Waals surface area contributed by atoms with Crippen molar-refractivity contribution in [2.45, 2.75) is 30.8 Å². The van der Waals surface area contributed by atoms with E-state index in [4.69, 9.17) is 41.5 Å². The van der Waals surface area contributed by atoms with Gasteiger partial charge in [-0.05, 0) is 30.7 Å². The molecule has 0 spiro atoms. The molecule has 1 aromatic carbocycles. The maximum absolute atomic E-state index is 10.3. The van der Waals surface area contributed by atoms with E-state index in [-0.39, 0.29) is 11.5 Å². The summed E-state index contributed by atoms with van der Waals surface area (Å²) in [5, 5.41) is 61.9. The number of aliphatic hydroxyl groups excluding tert-OH is 5. The van der Waals surface area contributed by atoms with Crippen molar-refractivity contribution in [3.8, 4) is 11.5 Å². The van der Waals surface area contributed by atoms with Crippen LogP contribution in [0.25, 0.3) is 0 Å². The van der Waals surface area contributed by atoms with E-state index in [9.17, 15) is 4.79 Å². The van der Waals surface area contributed by atoms with Crippen LogP contribution >= 0.6 is 0 Å². The van der Waals surface area contributed by atoms with Gasteiger partial charge in [0.05, 0.1) is 6.61 Å². The van der Waals surface area contributed by atoms with Crippen LogP contribution in [0.5, 0.6) is 11.5 Å². The normalized spacial score (nSPS) is 15.6. The predicted octanol–water partition coefficient (Wildman–Crippen LogP) is -3.49. The van der Waals surface area contributed by atoms with E-state index >= 15 is 0 Å². The van der Waals surface area contributed by atoms with Crippen LogP contribution in [0.1, 0.15) is 5.56 Å². The zero-order valence-corrected chi connectivity index (χ0v) is 12.9. The number of nitrogens with two attached hydrogens (primary N) is 2. The van der Waals surface area contributed by atoms with Crippen LogP contribution in [0.15, 0.2) is 18.2 Å². The maximum Gasteiger partial charge on any atom is 0.249 e. The summed E-state index contributed by atoms with van der Waals surface area (Å²) in [6.07, 6.45) is -6.64.